The number of hydrogen-bond donors (Lipinski definition) is 2. The molecule has 2 heterocycles. The van der Waals surface area contributed by atoms with E-state index in [2.05, 4.69) is 26.2 Å². The SMILES string of the molecule is C[C@H](N)Cc1oc2c(NCc3ccc(F)cc3)cc(Cl)nc2c1Br. The van der Waals surface area contributed by atoms with Gasteiger partial charge in [0, 0.05) is 25.1 Å². The van der Waals surface area contributed by atoms with Crippen molar-refractivity contribution < 1.29 is 8.81 Å². The highest BCUT2D eigenvalue weighted by atomic mass is 79.9. The van der Waals surface area contributed by atoms with E-state index >= 15 is 0 Å². The molecule has 0 saturated carbocycles. The Balaban J connectivity index is 1.93. The van der Waals surface area contributed by atoms with Crippen LogP contribution in [-0.2, 0) is 13.0 Å². The Kier molecular flexibility index (Phi) is 5.08. The highest BCUT2D eigenvalue weighted by Crippen LogP contribution is 2.36. The molecule has 0 spiro atoms. The predicted molar refractivity (Wildman–Crippen MR) is 97.8 cm³/mol. The first-order valence-corrected chi connectivity index (χ1v) is 8.62. The van der Waals surface area contributed by atoms with E-state index in [-0.39, 0.29) is 11.9 Å². The average molecular weight is 413 g/mol. The number of fused-ring (bicyclic) bond motifs is 1. The number of furan rings is 1. The normalized spacial score (nSPS) is 12.5. The van der Waals surface area contributed by atoms with E-state index in [4.69, 9.17) is 21.8 Å². The molecule has 0 saturated heterocycles. The number of hydrogen-bond acceptors (Lipinski definition) is 4. The highest BCUT2D eigenvalue weighted by molar-refractivity contribution is 9.10. The molecule has 0 bridgehead atoms. The Hall–Kier alpha value is -1.63. The Morgan fingerprint density at radius 2 is 2.08 bits per heavy atom. The molecule has 0 aliphatic heterocycles. The standard InChI is InChI=1S/C17H16BrClFN3O/c1-9(21)6-13-15(18)16-17(24-13)12(7-14(19)23-16)22-8-10-2-4-11(20)5-3-10/h2-5,7,9H,6,8,21H2,1H3,(H,22,23)/t9-/m0/s1. The fraction of sp³-hybridized carbons (Fsp3) is 0.235. The first-order chi connectivity index (χ1) is 11.4. The van der Waals surface area contributed by atoms with Gasteiger partial charge in [-0.15, -0.1) is 0 Å². The van der Waals surface area contributed by atoms with Gasteiger partial charge in [0.15, 0.2) is 5.58 Å². The fourth-order valence-corrected chi connectivity index (χ4v) is 3.11. The summed E-state index contributed by atoms with van der Waals surface area (Å²) in [5, 5.41) is 3.62. The molecule has 0 aliphatic carbocycles. The molecular weight excluding hydrogens is 397 g/mol. The minimum atomic E-state index is -0.261. The van der Waals surface area contributed by atoms with Gasteiger partial charge in [0.25, 0.3) is 0 Å². The molecule has 0 fully saturated rings. The summed E-state index contributed by atoms with van der Waals surface area (Å²) < 4.78 is 19.7. The largest absolute Gasteiger partial charge is 0.456 e. The van der Waals surface area contributed by atoms with E-state index in [0.717, 1.165) is 21.5 Å². The fourth-order valence-electron chi connectivity index (χ4n) is 2.41. The van der Waals surface area contributed by atoms with Crippen LogP contribution < -0.4 is 11.1 Å². The summed E-state index contributed by atoms with van der Waals surface area (Å²) in [7, 11) is 0. The van der Waals surface area contributed by atoms with Gasteiger partial charge in [-0.3, -0.25) is 0 Å². The van der Waals surface area contributed by atoms with Crippen molar-refractivity contribution >= 4 is 44.3 Å². The van der Waals surface area contributed by atoms with Crippen LogP contribution in [0.2, 0.25) is 5.15 Å². The van der Waals surface area contributed by atoms with Crippen LogP contribution in [0, 0.1) is 5.82 Å². The first-order valence-electron chi connectivity index (χ1n) is 7.45. The third kappa shape index (κ3) is 3.71. The lowest BCUT2D eigenvalue weighted by Crippen LogP contribution is -2.17. The van der Waals surface area contributed by atoms with Crippen molar-refractivity contribution in [2.24, 2.45) is 5.73 Å². The third-order valence-electron chi connectivity index (χ3n) is 3.52. The number of nitrogens with zero attached hydrogens (tertiary/aromatic N) is 1. The van der Waals surface area contributed by atoms with Crippen molar-refractivity contribution in [1.82, 2.24) is 4.98 Å². The Morgan fingerprint density at radius 3 is 2.75 bits per heavy atom. The molecule has 0 unspecified atom stereocenters. The van der Waals surface area contributed by atoms with Gasteiger partial charge in [-0.2, -0.15) is 0 Å². The number of benzene rings is 1. The summed E-state index contributed by atoms with van der Waals surface area (Å²) in [6, 6.07) is 7.98. The maximum absolute atomic E-state index is 13.0. The zero-order valence-corrected chi connectivity index (χ0v) is 15.3. The minimum absolute atomic E-state index is 0.0343. The molecule has 126 valence electrons. The van der Waals surface area contributed by atoms with Gasteiger partial charge in [-0.1, -0.05) is 23.7 Å². The van der Waals surface area contributed by atoms with E-state index in [1.54, 1.807) is 18.2 Å². The zero-order valence-electron chi connectivity index (χ0n) is 12.9. The number of anilines is 1. The Morgan fingerprint density at radius 1 is 1.38 bits per heavy atom. The van der Waals surface area contributed by atoms with Gasteiger partial charge in [-0.05, 0) is 40.5 Å². The summed E-state index contributed by atoms with van der Waals surface area (Å²) in [6.07, 6.45) is 0.589. The monoisotopic (exact) mass is 411 g/mol. The Labute approximate surface area is 152 Å². The molecule has 3 aromatic rings. The van der Waals surface area contributed by atoms with Crippen LogP contribution in [0.15, 0.2) is 39.2 Å². The number of nitrogens with two attached hydrogens (primary N) is 1. The second kappa shape index (κ2) is 7.09. The van der Waals surface area contributed by atoms with Crippen LogP contribution in [0.25, 0.3) is 11.1 Å². The van der Waals surface area contributed by atoms with Gasteiger partial charge in [-0.25, -0.2) is 9.37 Å². The van der Waals surface area contributed by atoms with Crippen molar-refractivity contribution in [2.45, 2.75) is 25.9 Å². The maximum Gasteiger partial charge on any atom is 0.177 e. The van der Waals surface area contributed by atoms with Crippen molar-refractivity contribution in [2.75, 3.05) is 5.32 Å². The third-order valence-corrected chi connectivity index (χ3v) is 4.53. The molecule has 0 radical (unpaired) electrons. The highest BCUT2D eigenvalue weighted by Gasteiger charge is 2.18. The molecule has 0 aliphatic rings. The Bertz CT molecular complexity index is 864. The molecule has 3 N–H and O–H groups in total. The van der Waals surface area contributed by atoms with Gasteiger partial charge >= 0.3 is 0 Å². The second-order valence-corrected chi connectivity index (χ2v) is 6.85. The topological polar surface area (TPSA) is 64.1 Å². The second-order valence-electron chi connectivity index (χ2n) is 5.67. The van der Waals surface area contributed by atoms with Crippen molar-refractivity contribution in [1.29, 1.82) is 0 Å². The summed E-state index contributed by atoms with van der Waals surface area (Å²) in [6.45, 7) is 2.42. The number of aromatic nitrogens is 1. The summed E-state index contributed by atoms with van der Waals surface area (Å²) in [4.78, 5) is 4.32. The molecule has 2 aromatic heterocycles. The van der Waals surface area contributed by atoms with Crippen molar-refractivity contribution in [3.05, 3.63) is 57.1 Å². The number of rotatable bonds is 5. The van der Waals surface area contributed by atoms with Crippen LogP contribution in [0.4, 0.5) is 10.1 Å². The summed E-state index contributed by atoms with van der Waals surface area (Å²) >= 11 is 9.64. The first kappa shape index (κ1) is 17.2. The lowest BCUT2D eigenvalue weighted by Gasteiger charge is -2.07. The maximum atomic E-state index is 13.0. The molecule has 7 heteroatoms. The lowest BCUT2D eigenvalue weighted by molar-refractivity contribution is 0.523. The van der Waals surface area contributed by atoms with Crippen LogP contribution >= 0.6 is 27.5 Å². The molecular formula is C17H16BrClFN3O. The minimum Gasteiger partial charge on any atom is -0.456 e. The van der Waals surface area contributed by atoms with Crippen LogP contribution in [0.1, 0.15) is 18.2 Å². The smallest absolute Gasteiger partial charge is 0.177 e. The van der Waals surface area contributed by atoms with Gasteiger partial charge in [0.2, 0.25) is 0 Å². The summed E-state index contributed by atoms with van der Waals surface area (Å²) in [5.74, 6) is 0.475. The van der Waals surface area contributed by atoms with E-state index in [1.165, 1.54) is 12.1 Å². The predicted octanol–water partition coefficient (Wildman–Crippen LogP) is 4.88. The van der Waals surface area contributed by atoms with Crippen LogP contribution in [0.5, 0.6) is 0 Å². The lowest BCUT2D eigenvalue weighted by atomic mass is 10.2. The van der Waals surface area contributed by atoms with Crippen molar-refractivity contribution in [3.63, 3.8) is 0 Å². The molecule has 1 atom stereocenters. The van der Waals surface area contributed by atoms with Gasteiger partial charge < -0.3 is 15.5 Å². The number of halogens is 3. The van der Waals surface area contributed by atoms with E-state index in [0.29, 0.717) is 29.2 Å². The van der Waals surface area contributed by atoms with Crippen molar-refractivity contribution in [3.8, 4) is 0 Å². The molecule has 3 rings (SSSR count). The molecule has 24 heavy (non-hydrogen) atoms. The summed E-state index contributed by atoms with van der Waals surface area (Å²) in [5.41, 5.74) is 8.79. The average Bonchev–Trinajstić information content (AvgIpc) is 2.83. The molecule has 1 aromatic carbocycles. The van der Waals surface area contributed by atoms with E-state index < -0.39 is 0 Å². The van der Waals surface area contributed by atoms with Crippen LogP contribution in [0.3, 0.4) is 0 Å². The van der Waals surface area contributed by atoms with Crippen LogP contribution in [-0.4, -0.2) is 11.0 Å². The van der Waals surface area contributed by atoms with Gasteiger partial charge in [0.1, 0.15) is 22.2 Å². The zero-order chi connectivity index (χ0) is 17.3. The molecule has 4 nitrogen and oxygen atoms in total. The number of pyridine rings is 1. The molecule has 0 amide bonds. The number of nitrogens with one attached hydrogen (secondary N) is 1. The van der Waals surface area contributed by atoms with E-state index in [9.17, 15) is 4.39 Å². The quantitative estimate of drug-likeness (QED) is 0.586. The van der Waals surface area contributed by atoms with Gasteiger partial charge in [0.05, 0.1) is 10.2 Å². The van der Waals surface area contributed by atoms with E-state index in [1.807, 2.05) is 6.92 Å².